The van der Waals surface area contributed by atoms with Crippen LogP contribution in [0.15, 0.2) is 53.4 Å². The molecule has 0 heterocycles. The number of nitrogens with zero attached hydrogens (tertiary/aromatic N) is 1. The van der Waals surface area contributed by atoms with Crippen LogP contribution in [-0.2, 0) is 10.0 Å². The predicted octanol–water partition coefficient (Wildman–Crippen LogP) is 2.47. The molecular weight excluding hydrogens is 340 g/mol. The van der Waals surface area contributed by atoms with E-state index >= 15 is 0 Å². The molecular formula is C18H16N2O4S. The first-order chi connectivity index (χ1) is 12.0. The van der Waals surface area contributed by atoms with E-state index in [1.54, 1.807) is 12.1 Å². The summed E-state index contributed by atoms with van der Waals surface area (Å²) in [6.07, 6.45) is 2.38. The average molecular weight is 356 g/mol. The molecule has 1 fully saturated rings. The van der Waals surface area contributed by atoms with Crippen molar-refractivity contribution < 1.29 is 17.9 Å². The highest BCUT2D eigenvalue weighted by molar-refractivity contribution is 7.90. The molecule has 1 saturated carbocycles. The number of carbonyl (C=O) groups is 1. The Morgan fingerprint density at radius 1 is 1.12 bits per heavy atom. The van der Waals surface area contributed by atoms with Crippen molar-refractivity contribution >= 4 is 15.9 Å². The molecule has 1 aliphatic rings. The van der Waals surface area contributed by atoms with Crippen molar-refractivity contribution in [2.75, 3.05) is 6.61 Å². The first-order valence-electron chi connectivity index (χ1n) is 7.78. The fourth-order valence-corrected chi connectivity index (χ4v) is 3.12. The number of amides is 1. The molecule has 0 bridgehead atoms. The van der Waals surface area contributed by atoms with E-state index in [9.17, 15) is 13.2 Å². The van der Waals surface area contributed by atoms with E-state index in [-0.39, 0.29) is 10.5 Å². The Morgan fingerprint density at radius 2 is 1.76 bits per heavy atom. The van der Waals surface area contributed by atoms with E-state index in [1.165, 1.54) is 49.2 Å². The third-order valence-corrected chi connectivity index (χ3v) is 5.17. The van der Waals surface area contributed by atoms with Crippen molar-refractivity contribution in [2.24, 2.45) is 5.92 Å². The Morgan fingerprint density at radius 3 is 2.32 bits per heavy atom. The van der Waals surface area contributed by atoms with Gasteiger partial charge in [0.25, 0.3) is 15.9 Å². The van der Waals surface area contributed by atoms with Gasteiger partial charge < -0.3 is 4.74 Å². The molecule has 0 spiro atoms. The lowest BCUT2D eigenvalue weighted by molar-refractivity contribution is 0.0981. The number of ether oxygens (including phenoxy) is 1. The zero-order chi connectivity index (χ0) is 17.9. The van der Waals surface area contributed by atoms with Gasteiger partial charge in [-0.05, 0) is 67.3 Å². The minimum absolute atomic E-state index is 0.0794. The zero-order valence-corrected chi connectivity index (χ0v) is 14.1. The first kappa shape index (κ1) is 17.0. The van der Waals surface area contributed by atoms with Crippen LogP contribution < -0.4 is 9.46 Å². The fraction of sp³-hybridized carbons (Fsp3) is 0.222. The second-order valence-electron chi connectivity index (χ2n) is 5.85. The van der Waals surface area contributed by atoms with Crippen LogP contribution in [0.5, 0.6) is 5.75 Å². The maximum Gasteiger partial charge on any atom is 0.265 e. The summed E-state index contributed by atoms with van der Waals surface area (Å²) in [5.41, 5.74) is 0.558. The molecule has 1 aliphatic carbocycles. The number of hydrogen-bond donors (Lipinski definition) is 1. The molecule has 3 rings (SSSR count). The summed E-state index contributed by atoms with van der Waals surface area (Å²) in [7, 11) is -4.00. The van der Waals surface area contributed by atoms with Crippen molar-refractivity contribution in [1.29, 1.82) is 5.26 Å². The number of sulfonamides is 1. The van der Waals surface area contributed by atoms with E-state index in [1.807, 2.05) is 10.8 Å². The Hall–Kier alpha value is -2.85. The Labute approximate surface area is 146 Å². The van der Waals surface area contributed by atoms with Crippen molar-refractivity contribution in [3.8, 4) is 11.8 Å². The van der Waals surface area contributed by atoms with Gasteiger partial charge in [0.2, 0.25) is 0 Å². The van der Waals surface area contributed by atoms with Gasteiger partial charge in [0.15, 0.2) is 0 Å². The molecule has 0 aromatic heterocycles. The molecule has 0 unspecified atom stereocenters. The van der Waals surface area contributed by atoms with Gasteiger partial charge in [0, 0.05) is 5.56 Å². The number of nitrogens with one attached hydrogen (secondary N) is 1. The molecule has 2 aromatic rings. The summed E-state index contributed by atoms with van der Waals surface area (Å²) in [5.74, 6) is 0.553. The van der Waals surface area contributed by atoms with Crippen LogP contribution in [0.4, 0.5) is 0 Å². The Kier molecular flexibility index (Phi) is 4.72. The molecule has 0 atom stereocenters. The molecule has 0 radical (unpaired) electrons. The molecule has 6 nitrogen and oxygen atoms in total. The molecule has 7 heteroatoms. The van der Waals surface area contributed by atoms with Gasteiger partial charge in [-0.15, -0.1) is 0 Å². The van der Waals surface area contributed by atoms with Crippen molar-refractivity contribution in [1.82, 2.24) is 4.72 Å². The van der Waals surface area contributed by atoms with Crippen LogP contribution in [-0.4, -0.2) is 20.9 Å². The summed E-state index contributed by atoms with van der Waals surface area (Å²) in [4.78, 5) is 12.1. The number of carbonyl (C=O) groups excluding carboxylic acids is 1. The van der Waals surface area contributed by atoms with Crippen molar-refractivity contribution in [3.63, 3.8) is 0 Å². The summed E-state index contributed by atoms with van der Waals surface area (Å²) in [6.45, 7) is 0.665. The molecule has 25 heavy (non-hydrogen) atoms. The van der Waals surface area contributed by atoms with E-state index in [0.717, 1.165) is 0 Å². The lowest BCUT2D eigenvalue weighted by Gasteiger charge is -2.08. The van der Waals surface area contributed by atoms with Crippen LogP contribution in [0.1, 0.15) is 28.8 Å². The third-order valence-electron chi connectivity index (χ3n) is 3.82. The van der Waals surface area contributed by atoms with Gasteiger partial charge in [-0.2, -0.15) is 5.26 Å². The minimum atomic E-state index is -4.00. The standard InChI is InChI=1S/C18H16N2O4S/c19-11-13-3-9-17(10-4-13)25(22,23)20-18(21)15-5-7-16(8-6-15)24-12-14-1-2-14/h3-10,14H,1-2,12H2,(H,20,21). The highest BCUT2D eigenvalue weighted by Gasteiger charge is 2.22. The van der Waals surface area contributed by atoms with Crippen molar-refractivity contribution in [3.05, 3.63) is 59.7 Å². The summed E-state index contributed by atoms with van der Waals surface area (Å²) in [6, 6.07) is 13.6. The Bertz CT molecular complexity index is 909. The summed E-state index contributed by atoms with van der Waals surface area (Å²) >= 11 is 0. The van der Waals surface area contributed by atoms with Crippen molar-refractivity contribution in [2.45, 2.75) is 17.7 Å². The van der Waals surface area contributed by atoms with Gasteiger partial charge in [-0.25, -0.2) is 13.1 Å². The molecule has 128 valence electrons. The first-order valence-corrected chi connectivity index (χ1v) is 9.26. The monoisotopic (exact) mass is 356 g/mol. The van der Waals surface area contributed by atoms with Gasteiger partial charge in [-0.1, -0.05) is 0 Å². The minimum Gasteiger partial charge on any atom is -0.493 e. The van der Waals surface area contributed by atoms with Gasteiger partial charge >= 0.3 is 0 Å². The normalized spacial score (nSPS) is 13.7. The molecule has 1 amide bonds. The van der Waals surface area contributed by atoms with Crippen LogP contribution in [0.2, 0.25) is 0 Å². The lowest BCUT2D eigenvalue weighted by atomic mass is 10.2. The van der Waals surface area contributed by atoms with Gasteiger partial charge in [0.1, 0.15) is 5.75 Å². The summed E-state index contributed by atoms with van der Waals surface area (Å²) < 4.78 is 32.1. The Balaban J connectivity index is 1.66. The number of nitriles is 1. The van der Waals surface area contributed by atoms with Crippen LogP contribution in [0, 0.1) is 17.2 Å². The summed E-state index contributed by atoms with van der Waals surface area (Å²) in [5, 5.41) is 8.74. The average Bonchev–Trinajstić information content (AvgIpc) is 3.44. The fourth-order valence-electron chi connectivity index (χ4n) is 2.15. The predicted molar refractivity (Wildman–Crippen MR) is 90.5 cm³/mol. The van der Waals surface area contributed by atoms with Crippen LogP contribution in [0.3, 0.4) is 0 Å². The van der Waals surface area contributed by atoms with Gasteiger partial charge in [0.05, 0.1) is 23.1 Å². The lowest BCUT2D eigenvalue weighted by Crippen LogP contribution is -2.30. The number of benzene rings is 2. The second kappa shape index (κ2) is 6.95. The highest BCUT2D eigenvalue weighted by Crippen LogP contribution is 2.29. The maximum absolute atomic E-state index is 12.2. The van der Waals surface area contributed by atoms with Crippen LogP contribution in [0.25, 0.3) is 0 Å². The van der Waals surface area contributed by atoms with E-state index in [4.69, 9.17) is 10.00 Å². The molecule has 1 N–H and O–H groups in total. The van der Waals surface area contributed by atoms with Gasteiger partial charge in [-0.3, -0.25) is 4.79 Å². The molecule has 2 aromatic carbocycles. The van der Waals surface area contributed by atoms with E-state index in [2.05, 4.69) is 0 Å². The number of hydrogen-bond acceptors (Lipinski definition) is 5. The highest BCUT2D eigenvalue weighted by atomic mass is 32.2. The maximum atomic E-state index is 12.2. The van der Waals surface area contributed by atoms with E-state index < -0.39 is 15.9 Å². The quantitative estimate of drug-likeness (QED) is 0.858. The molecule has 0 saturated heterocycles. The largest absolute Gasteiger partial charge is 0.493 e. The van der Waals surface area contributed by atoms with Crippen LogP contribution >= 0.6 is 0 Å². The second-order valence-corrected chi connectivity index (χ2v) is 7.53. The smallest absolute Gasteiger partial charge is 0.265 e. The zero-order valence-electron chi connectivity index (χ0n) is 13.3. The molecule has 0 aliphatic heterocycles. The number of rotatable bonds is 6. The topological polar surface area (TPSA) is 96.3 Å². The SMILES string of the molecule is N#Cc1ccc(S(=O)(=O)NC(=O)c2ccc(OCC3CC3)cc2)cc1. The van der Waals surface area contributed by atoms with E-state index in [0.29, 0.717) is 23.8 Å². The third kappa shape index (κ3) is 4.37.